The summed E-state index contributed by atoms with van der Waals surface area (Å²) in [7, 11) is -3.78. The molecule has 0 saturated carbocycles. The summed E-state index contributed by atoms with van der Waals surface area (Å²) < 4.78 is 52.7. The van der Waals surface area contributed by atoms with E-state index >= 15 is 0 Å². The summed E-state index contributed by atoms with van der Waals surface area (Å²) in [6, 6.07) is 2.26. The number of anilines is 1. The quantitative estimate of drug-likeness (QED) is 0.725. The lowest BCUT2D eigenvalue weighted by molar-refractivity contribution is 0.568. The van der Waals surface area contributed by atoms with Crippen molar-refractivity contribution in [3.05, 3.63) is 28.2 Å². The molecule has 20 heavy (non-hydrogen) atoms. The smallest absolute Gasteiger partial charge is 0.232 e. The van der Waals surface area contributed by atoms with Crippen LogP contribution in [-0.2, 0) is 10.0 Å². The van der Waals surface area contributed by atoms with Gasteiger partial charge in [-0.05, 0) is 25.1 Å². The van der Waals surface area contributed by atoms with Crippen LogP contribution in [0.15, 0.2) is 16.6 Å². The lowest BCUT2D eigenvalue weighted by Gasteiger charge is -2.11. The number of nitrogens with one attached hydrogen (secondary N) is 2. The van der Waals surface area contributed by atoms with Crippen LogP contribution in [-0.4, -0.2) is 26.8 Å². The van der Waals surface area contributed by atoms with E-state index in [1.54, 1.807) is 0 Å². The standard InChI is InChI=1S/C12H17BrF2N2O2S/c1-8(2)16-4-3-5-20(18,19)17-12-10(14)6-9(13)7-11(12)15/h6-8,16-17H,3-5H2,1-2H3. The van der Waals surface area contributed by atoms with E-state index in [4.69, 9.17) is 0 Å². The van der Waals surface area contributed by atoms with Gasteiger partial charge in [0.05, 0.1) is 5.75 Å². The minimum atomic E-state index is -3.78. The van der Waals surface area contributed by atoms with Crippen molar-refractivity contribution in [3.8, 4) is 0 Å². The van der Waals surface area contributed by atoms with Crippen molar-refractivity contribution in [1.82, 2.24) is 5.32 Å². The molecule has 0 bridgehead atoms. The normalized spacial score (nSPS) is 11.9. The molecule has 0 unspecified atom stereocenters. The van der Waals surface area contributed by atoms with E-state index in [-0.39, 0.29) is 16.3 Å². The third kappa shape index (κ3) is 5.72. The zero-order chi connectivity index (χ0) is 15.3. The fourth-order valence-electron chi connectivity index (χ4n) is 1.50. The molecule has 0 radical (unpaired) electrons. The second kappa shape index (κ2) is 7.33. The Hall–Kier alpha value is -0.730. The number of sulfonamides is 1. The molecule has 114 valence electrons. The van der Waals surface area contributed by atoms with E-state index in [0.29, 0.717) is 13.0 Å². The Kier molecular flexibility index (Phi) is 6.35. The Balaban J connectivity index is 2.67. The van der Waals surface area contributed by atoms with E-state index in [9.17, 15) is 17.2 Å². The number of halogens is 3. The Morgan fingerprint density at radius 3 is 2.30 bits per heavy atom. The first-order valence-corrected chi connectivity index (χ1v) is 8.54. The second-order valence-corrected chi connectivity index (χ2v) is 7.39. The van der Waals surface area contributed by atoms with Crippen molar-refractivity contribution >= 4 is 31.6 Å². The maximum atomic E-state index is 13.5. The summed E-state index contributed by atoms with van der Waals surface area (Å²) in [6.07, 6.45) is 0.354. The minimum Gasteiger partial charge on any atom is -0.314 e. The number of hydrogen-bond acceptors (Lipinski definition) is 3. The Morgan fingerprint density at radius 1 is 1.25 bits per heavy atom. The molecule has 0 fully saturated rings. The molecule has 8 heteroatoms. The number of hydrogen-bond donors (Lipinski definition) is 2. The summed E-state index contributed by atoms with van der Waals surface area (Å²) in [5, 5.41) is 3.07. The lowest BCUT2D eigenvalue weighted by atomic mass is 10.3. The molecule has 0 aliphatic heterocycles. The second-order valence-electron chi connectivity index (χ2n) is 4.63. The Bertz CT molecular complexity index is 542. The van der Waals surface area contributed by atoms with Gasteiger partial charge in [0, 0.05) is 10.5 Å². The van der Waals surface area contributed by atoms with Gasteiger partial charge in [-0.15, -0.1) is 0 Å². The van der Waals surface area contributed by atoms with Gasteiger partial charge in [-0.2, -0.15) is 0 Å². The van der Waals surface area contributed by atoms with Crippen molar-refractivity contribution in [1.29, 1.82) is 0 Å². The molecule has 0 aromatic heterocycles. The van der Waals surface area contributed by atoms with E-state index < -0.39 is 27.3 Å². The summed E-state index contributed by atoms with van der Waals surface area (Å²) >= 11 is 2.93. The summed E-state index contributed by atoms with van der Waals surface area (Å²) in [5.41, 5.74) is -0.648. The third-order valence-corrected chi connectivity index (χ3v) is 4.21. The third-order valence-electron chi connectivity index (χ3n) is 2.41. The van der Waals surface area contributed by atoms with E-state index in [0.717, 1.165) is 12.1 Å². The Morgan fingerprint density at radius 2 is 1.80 bits per heavy atom. The zero-order valence-electron chi connectivity index (χ0n) is 11.2. The van der Waals surface area contributed by atoms with E-state index in [1.165, 1.54) is 0 Å². The molecule has 0 saturated heterocycles. The average Bonchev–Trinajstić information content (AvgIpc) is 2.29. The predicted molar refractivity (Wildman–Crippen MR) is 79.2 cm³/mol. The van der Waals surface area contributed by atoms with Crippen LogP contribution in [0.5, 0.6) is 0 Å². The summed E-state index contributed by atoms with van der Waals surface area (Å²) in [5.74, 6) is -2.12. The van der Waals surface area contributed by atoms with Gasteiger partial charge in [0.25, 0.3) is 0 Å². The van der Waals surface area contributed by atoms with Crippen molar-refractivity contribution < 1.29 is 17.2 Å². The molecule has 0 aliphatic rings. The number of rotatable bonds is 7. The first-order valence-electron chi connectivity index (χ1n) is 6.09. The molecule has 1 rings (SSSR count). The van der Waals surface area contributed by atoms with Gasteiger partial charge in [-0.25, -0.2) is 17.2 Å². The fraction of sp³-hybridized carbons (Fsp3) is 0.500. The minimum absolute atomic E-state index is 0.205. The molecule has 0 atom stereocenters. The van der Waals surface area contributed by atoms with Crippen LogP contribution in [0, 0.1) is 11.6 Å². The highest BCUT2D eigenvalue weighted by Crippen LogP contribution is 2.24. The molecular formula is C12H17BrF2N2O2S. The van der Waals surface area contributed by atoms with Crippen LogP contribution in [0.25, 0.3) is 0 Å². The molecule has 0 aliphatic carbocycles. The van der Waals surface area contributed by atoms with Gasteiger partial charge in [-0.1, -0.05) is 29.8 Å². The molecular weight excluding hydrogens is 354 g/mol. The van der Waals surface area contributed by atoms with Gasteiger partial charge >= 0.3 is 0 Å². The van der Waals surface area contributed by atoms with Crippen LogP contribution in [0.1, 0.15) is 20.3 Å². The van der Waals surface area contributed by atoms with Gasteiger partial charge in [0.1, 0.15) is 5.69 Å². The van der Waals surface area contributed by atoms with Crippen molar-refractivity contribution in [2.45, 2.75) is 26.3 Å². The van der Waals surface area contributed by atoms with E-state index in [1.807, 2.05) is 18.6 Å². The molecule has 0 amide bonds. The molecule has 2 N–H and O–H groups in total. The highest BCUT2D eigenvalue weighted by Gasteiger charge is 2.17. The summed E-state index contributed by atoms with van der Waals surface area (Å²) in [4.78, 5) is 0. The van der Waals surface area contributed by atoms with Crippen LogP contribution < -0.4 is 10.0 Å². The first kappa shape index (κ1) is 17.3. The van der Waals surface area contributed by atoms with Crippen molar-refractivity contribution in [3.63, 3.8) is 0 Å². The predicted octanol–water partition coefficient (Wildman–Crippen LogP) is 2.86. The first-order chi connectivity index (χ1) is 9.21. The van der Waals surface area contributed by atoms with Crippen LogP contribution >= 0.6 is 15.9 Å². The zero-order valence-corrected chi connectivity index (χ0v) is 13.6. The van der Waals surface area contributed by atoms with Crippen LogP contribution in [0.2, 0.25) is 0 Å². The monoisotopic (exact) mass is 370 g/mol. The van der Waals surface area contributed by atoms with Crippen LogP contribution in [0.3, 0.4) is 0 Å². The van der Waals surface area contributed by atoms with Crippen molar-refractivity contribution in [2.75, 3.05) is 17.0 Å². The SMILES string of the molecule is CC(C)NCCCS(=O)(=O)Nc1c(F)cc(Br)cc1F. The highest BCUT2D eigenvalue weighted by molar-refractivity contribution is 9.10. The summed E-state index contributed by atoms with van der Waals surface area (Å²) in [6.45, 7) is 4.41. The highest BCUT2D eigenvalue weighted by atomic mass is 79.9. The van der Waals surface area contributed by atoms with E-state index in [2.05, 4.69) is 21.2 Å². The molecule has 1 aromatic rings. The topological polar surface area (TPSA) is 58.2 Å². The fourth-order valence-corrected chi connectivity index (χ4v) is 3.03. The maximum absolute atomic E-state index is 13.5. The largest absolute Gasteiger partial charge is 0.314 e. The van der Waals surface area contributed by atoms with Crippen LogP contribution in [0.4, 0.5) is 14.5 Å². The van der Waals surface area contributed by atoms with Gasteiger partial charge in [-0.3, -0.25) is 4.72 Å². The van der Waals surface area contributed by atoms with Crippen molar-refractivity contribution in [2.24, 2.45) is 0 Å². The lowest BCUT2D eigenvalue weighted by Crippen LogP contribution is -2.27. The molecule has 0 spiro atoms. The number of benzene rings is 1. The molecule has 0 heterocycles. The Labute approximate surface area is 126 Å². The van der Waals surface area contributed by atoms with Gasteiger partial charge < -0.3 is 5.32 Å². The molecule has 4 nitrogen and oxygen atoms in total. The maximum Gasteiger partial charge on any atom is 0.232 e. The van der Waals surface area contributed by atoms with Gasteiger partial charge in [0.2, 0.25) is 10.0 Å². The molecule has 1 aromatic carbocycles. The van der Waals surface area contributed by atoms with Gasteiger partial charge in [0.15, 0.2) is 11.6 Å². The average molecular weight is 371 g/mol.